The molecule has 1 amide bonds. The predicted octanol–water partition coefficient (Wildman–Crippen LogP) is 3.09. The second-order valence-corrected chi connectivity index (χ2v) is 4.81. The molecule has 88 valence electrons. The Bertz CT molecular complexity index is 178. The minimum atomic E-state index is 0.193. The van der Waals surface area contributed by atoms with Crippen LogP contribution >= 0.6 is 11.6 Å². The molecule has 0 saturated heterocycles. The summed E-state index contributed by atoms with van der Waals surface area (Å²) in [6.45, 7) is 0.865. The molecule has 0 aromatic carbocycles. The van der Waals surface area contributed by atoms with E-state index in [2.05, 4.69) is 5.32 Å². The number of rotatable bonds is 7. The molecule has 0 spiro atoms. The zero-order chi connectivity index (χ0) is 10.9. The highest BCUT2D eigenvalue weighted by atomic mass is 35.5. The summed E-state index contributed by atoms with van der Waals surface area (Å²) >= 11 is 5.54. The number of alkyl halides is 1. The average Bonchev–Trinajstić information content (AvgIpc) is 2.71. The molecule has 0 aromatic heterocycles. The van der Waals surface area contributed by atoms with Crippen molar-refractivity contribution in [3.05, 3.63) is 0 Å². The summed E-state index contributed by atoms with van der Waals surface area (Å²) in [6, 6.07) is 0. The van der Waals surface area contributed by atoms with Gasteiger partial charge in [-0.25, -0.2) is 0 Å². The molecule has 0 aliphatic heterocycles. The van der Waals surface area contributed by atoms with E-state index in [1.165, 1.54) is 32.1 Å². The predicted molar refractivity (Wildman–Crippen MR) is 64.2 cm³/mol. The summed E-state index contributed by atoms with van der Waals surface area (Å²) < 4.78 is 0. The van der Waals surface area contributed by atoms with Gasteiger partial charge in [-0.05, 0) is 25.2 Å². The molecule has 0 bridgehead atoms. The van der Waals surface area contributed by atoms with E-state index in [0.717, 1.165) is 25.3 Å². The standard InChI is InChI=1S/C12H22ClNO/c13-9-4-3-7-12(15)14-10-8-11-5-1-2-6-11/h11H,1-10H2,(H,14,15). The van der Waals surface area contributed by atoms with Crippen LogP contribution in [0.3, 0.4) is 0 Å². The van der Waals surface area contributed by atoms with Crippen molar-refractivity contribution in [2.45, 2.75) is 51.4 Å². The quantitative estimate of drug-likeness (QED) is 0.530. The fourth-order valence-electron chi connectivity index (χ4n) is 2.18. The lowest BCUT2D eigenvalue weighted by Gasteiger charge is -2.09. The van der Waals surface area contributed by atoms with Crippen LogP contribution in [0.5, 0.6) is 0 Å². The van der Waals surface area contributed by atoms with Gasteiger partial charge in [0, 0.05) is 18.8 Å². The number of hydrogen-bond donors (Lipinski definition) is 1. The highest BCUT2D eigenvalue weighted by Crippen LogP contribution is 2.26. The number of nitrogens with one attached hydrogen (secondary N) is 1. The molecule has 1 aliphatic rings. The molecule has 0 aromatic rings. The van der Waals surface area contributed by atoms with Gasteiger partial charge in [-0.1, -0.05) is 25.7 Å². The molecule has 1 aliphatic carbocycles. The van der Waals surface area contributed by atoms with Gasteiger partial charge in [-0.2, -0.15) is 0 Å². The van der Waals surface area contributed by atoms with E-state index in [9.17, 15) is 4.79 Å². The van der Waals surface area contributed by atoms with Crippen molar-refractivity contribution in [1.29, 1.82) is 0 Å². The van der Waals surface area contributed by atoms with Crippen LogP contribution in [0.15, 0.2) is 0 Å². The van der Waals surface area contributed by atoms with Crippen LogP contribution in [0.25, 0.3) is 0 Å². The van der Waals surface area contributed by atoms with E-state index in [1.54, 1.807) is 0 Å². The van der Waals surface area contributed by atoms with Gasteiger partial charge >= 0.3 is 0 Å². The SMILES string of the molecule is O=C(CCCCCl)NCCC1CCCC1. The zero-order valence-corrected chi connectivity index (χ0v) is 10.2. The van der Waals surface area contributed by atoms with E-state index in [0.29, 0.717) is 12.3 Å². The Morgan fingerprint density at radius 2 is 2.00 bits per heavy atom. The third-order valence-electron chi connectivity index (χ3n) is 3.14. The molecule has 15 heavy (non-hydrogen) atoms. The summed E-state index contributed by atoms with van der Waals surface area (Å²) in [4.78, 5) is 11.3. The molecule has 1 rings (SSSR count). The smallest absolute Gasteiger partial charge is 0.219 e. The molecule has 2 nitrogen and oxygen atoms in total. The van der Waals surface area contributed by atoms with Crippen molar-refractivity contribution in [3.8, 4) is 0 Å². The molecule has 1 N–H and O–H groups in total. The maximum Gasteiger partial charge on any atom is 0.219 e. The average molecular weight is 232 g/mol. The number of amides is 1. The minimum Gasteiger partial charge on any atom is -0.356 e. The molecule has 3 heteroatoms. The molecule has 0 heterocycles. The second kappa shape index (κ2) is 7.98. The lowest BCUT2D eigenvalue weighted by Crippen LogP contribution is -2.25. The summed E-state index contributed by atoms with van der Waals surface area (Å²) in [5.74, 6) is 1.72. The Balaban J connectivity index is 1.91. The van der Waals surface area contributed by atoms with E-state index in [1.807, 2.05) is 0 Å². The first kappa shape index (κ1) is 12.8. The van der Waals surface area contributed by atoms with Crippen LogP contribution in [0, 0.1) is 5.92 Å². The second-order valence-electron chi connectivity index (χ2n) is 4.44. The van der Waals surface area contributed by atoms with Crippen LogP contribution in [0.2, 0.25) is 0 Å². The first-order chi connectivity index (χ1) is 7.33. The van der Waals surface area contributed by atoms with E-state index >= 15 is 0 Å². The van der Waals surface area contributed by atoms with Crippen molar-refractivity contribution in [2.24, 2.45) is 5.92 Å². The molecule has 0 atom stereocenters. The lowest BCUT2D eigenvalue weighted by molar-refractivity contribution is -0.121. The number of halogens is 1. The normalized spacial score (nSPS) is 16.9. The monoisotopic (exact) mass is 231 g/mol. The van der Waals surface area contributed by atoms with Crippen LogP contribution in [0.4, 0.5) is 0 Å². The van der Waals surface area contributed by atoms with Crippen LogP contribution in [0.1, 0.15) is 51.4 Å². The van der Waals surface area contributed by atoms with Gasteiger partial charge in [-0.15, -0.1) is 11.6 Å². The molecule has 0 unspecified atom stereocenters. The number of carbonyl (C=O) groups is 1. The third kappa shape index (κ3) is 6.03. The topological polar surface area (TPSA) is 29.1 Å². The van der Waals surface area contributed by atoms with E-state index in [-0.39, 0.29) is 5.91 Å². The summed E-state index contributed by atoms with van der Waals surface area (Å²) in [5.41, 5.74) is 0. The Labute approximate surface area is 97.8 Å². The zero-order valence-electron chi connectivity index (χ0n) is 9.43. The highest BCUT2D eigenvalue weighted by molar-refractivity contribution is 6.17. The minimum absolute atomic E-state index is 0.193. The molecular formula is C12H22ClNO. The summed E-state index contributed by atoms with van der Waals surface area (Å²) in [7, 11) is 0. The van der Waals surface area contributed by atoms with Crippen molar-refractivity contribution in [2.75, 3.05) is 12.4 Å². The van der Waals surface area contributed by atoms with Crippen molar-refractivity contribution < 1.29 is 4.79 Å². The number of carbonyl (C=O) groups excluding carboxylic acids is 1. The lowest BCUT2D eigenvalue weighted by atomic mass is 10.0. The van der Waals surface area contributed by atoms with Gasteiger partial charge in [0.05, 0.1) is 0 Å². The highest BCUT2D eigenvalue weighted by Gasteiger charge is 2.14. The van der Waals surface area contributed by atoms with Crippen LogP contribution < -0.4 is 5.32 Å². The largest absolute Gasteiger partial charge is 0.356 e. The molecular weight excluding hydrogens is 210 g/mol. The van der Waals surface area contributed by atoms with Gasteiger partial charge in [-0.3, -0.25) is 4.79 Å². The van der Waals surface area contributed by atoms with Gasteiger partial charge in [0.25, 0.3) is 0 Å². The Morgan fingerprint density at radius 3 is 2.67 bits per heavy atom. The number of unbranched alkanes of at least 4 members (excludes halogenated alkanes) is 1. The fraction of sp³-hybridized carbons (Fsp3) is 0.917. The Morgan fingerprint density at radius 1 is 1.27 bits per heavy atom. The van der Waals surface area contributed by atoms with Gasteiger partial charge < -0.3 is 5.32 Å². The number of hydrogen-bond acceptors (Lipinski definition) is 1. The first-order valence-electron chi connectivity index (χ1n) is 6.15. The summed E-state index contributed by atoms with van der Waals surface area (Å²) in [5, 5.41) is 2.99. The maximum absolute atomic E-state index is 11.3. The van der Waals surface area contributed by atoms with Crippen molar-refractivity contribution in [1.82, 2.24) is 5.32 Å². The van der Waals surface area contributed by atoms with Gasteiger partial charge in [0.2, 0.25) is 5.91 Å². The van der Waals surface area contributed by atoms with Crippen LogP contribution in [-0.2, 0) is 4.79 Å². The molecule has 0 radical (unpaired) electrons. The van der Waals surface area contributed by atoms with Gasteiger partial charge in [0.15, 0.2) is 0 Å². The van der Waals surface area contributed by atoms with Crippen molar-refractivity contribution in [3.63, 3.8) is 0 Å². The first-order valence-corrected chi connectivity index (χ1v) is 6.69. The van der Waals surface area contributed by atoms with Crippen LogP contribution in [-0.4, -0.2) is 18.3 Å². The molecule has 1 fully saturated rings. The molecule has 1 saturated carbocycles. The maximum atomic E-state index is 11.3. The Kier molecular flexibility index (Phi) is 6.82. The van der Waals surface area contributed by atoms with E-state index in [4.69, 9.17) is 11.6 Å². The fourth-order valence-corrected chi connectivity index (χ4v) is 2.37. The van der Waals surface area contributed by atoms with Crippen molar-refractivity contribution >= 4 is 17.5 Å². The third-order valence-corrected chi connectivity index (χ3v) is 3.40. The van der Waals surface area contributed by atoms with Gasteiger partial charge in [0.1, 0.15) is 0 Å². The summed E-state index contributed by atoms with van der Waals surface area (Å²) in [6.07, 6.45) is 9.15. The Hall–Kier alpha value is -0.240. The van der Waals surface area contributed by atoms with E-state index < -0.39 is 0 Å².